The van der Waals surface area contributed by atoms with E-state index in [0.29, 0.717) is 10.0 Å². The van der Waals surface area contributed by atoms with E-state index in [0.717, 1.165) is 22.0 Å². The molecular formula is C18H18N4O3S2. The number of nitrogens with one attached hydrogen (secondary N) is 1. The largest absolute Gasteiger partial charge is 0.478 e. The maximum Gasteiger partial charge on any atom is 0.335 e. The lowest BCUT2D eigenvalue weighted by molar-refractivity contribution is -0.131. The molecule has 0 saturated heterocycles. The van der Waals surface area contributed by atoms with Crippen LogP contribution in [0.3, 0.4) is 0 Å². The average Bonchev–Trinajstić information content (AvgIpc) is 3.10. The van der Waals surface area contributed by atoms with Gasteiger partial charge in [-0.1, -0.05) is 11.3 Å². The minimum absolute atomic E-state index is 0.183. The predicted octanol–water partition coefficient (Wildman–Crippen LogP) is 3.03. The Hall–Kier alpha value is -2.36. The Labute approximate surface area is 163 Å². The number of hydrogen-bond donors (Lipinski definition) is 2. The monoisotopic (exact) mass is 402 g/mol. The second kappa shape index (κ2) is 6.66. The first-order valence-electron chi connectivity index (χ1n) is 8.39. The van der Waals surface area contributed by atoms with E-state index < -0.39 is 5.97 Å². The number of fused-ring (bicyclic) bond motifs is 1. The molecule has 7 nitrogen and oxygen atoms in total. The summed E-state index contributed by atoms with van der Waals surface area (Å²) in [6.07, 6.45) is 6.44. The molecule has 0 bridgehead atoms. The van der Waals surface area contributed by atoms with Gasteiger partial charge in [0.2, 0.25) is 0 Å². The summed E-state index contributed by atoms with van der Waals surface area (Å²) in [7, 11) is 1.73. The summed E-state index contributed by atoms with van der Waals surface area (Å²) in [5.41, 5.74) is 1.62. The van der Waals surface area contributed by atoms with E-state index >= 15 is 0 Å². The molecule has 4 rings (SSSR count). The number of thiazole rings is 1. The molecule has 0 atom stereocenters. The molecule has 27 heavy (non-hydrogen) atoms. The lowest BCUT2D eigenvalue weighted by Crippen LogP contribution is -2.20. The van der Waals surface area contributed by atoms with Gasteiger partial charge in [0.1, 0.15) is 0 Å². The quantitative estimate of drug-likeness (QED) is 0.487. The van der Waals surface area contributed by atoms with Gasteiger partial charge < -0.3 is 5.11 Å². The molecule has 0 aliphatic heterocycles. The first-order chi connectivity index (χ1) is 12.9. The van der Waals surface area contributed by atoms with Gasteiger partial charge in [-0.05, 0) is 56.0 Å². The Morgan fingerprint density at radius 1 is 1.41 bits per heavy atom. The van der Waals surface area contributed by atoms with Crippen LogP contribution in [0.5, 0.6) is 0 Å². The molecule has 3 aromatic rings. The van der Waals surface area contributed by atoms with Crippen molar-refractivity contribution in [3.8, 4) is 5.13 Å². The van der Waals surface area contributed by atoms with Gasteiger partial charge >= 0.3 is 11.7 Å². The molecule has 2 aromatic heterocycles. The molecule has 1 aromatic carbocycles. The second-order valence-electron chi connectivity index (χ2n) is 6.81. The number of carboxylic acids is 1. The molecule has 2 N–H and O–H groups in total. The summed E-state index contributed by atoms with van der Waals surface area (Å²) < 4.78 is 6.63. The van der Waals surface area contributed by atoms with Gasteiger partial charge in [0, 0.05) is 34.6 Å². The van der Waals surface area contributed by atoms with Crippen LogP contribution < -0.4 is 10.4 Å². The summed E-state index contributed by atoms with van der Waals surface area (Å²) in [5.74, 6) is -1.02. The van der Waals surface area contributed by atoms with E-state index in [1.807, 2.05) is 18.2 Å². The Balaban J connectivity index is 1.73. The van der Waals surface area contributed by atoms with Crippen molar-refractivity contribution in [2.24, 2.45) is 7.05 Å². The van der Waals surface area contributed by atoms with Crippen LogP contribution in [0.2, 0.25) is 0 Å². The van der Waals surface area contributed by atoms with Crippen molar-refractivity contribution < 1.29 is 9.90 Å². The molecule has 0 radical (unpaired) electrons. The van der Waals surface area contributed by atoms with Crippen LogP contribution in [0.25, 0.3) is 22.2 Å². The second-order valence-corrected chi connectivity index (χ2v) is 8.73. The van der Waals surface area contributed by atoms with Crippen molar-refractivity contribution in [2.75, 3.05) is 0 Å². The number of carboxylic acid groups (broad SMARTS) is 1. The number of carbonyl (C=O) groups is 1. The van der Waals surface area contributed by atoms with Gasteiger partial charge in [0.15, 0.2) is 5.13 Å². The number of benzene rings is 1. The van der Waals surface area contributed by atoms with E-state index in [9.17, 15) is 9.59 Å². The van der Waals surface area contributed by atoms with Crippen LogP contribution >= 0.6 is 23.3 Å². The number of aryl methyl sites for hydroxylation is 1. The molecule has 1 aliphatic carbocycles. The molecule has 1 fully saturated rings. The van der Waals surface area contributed by atoms with E-state index in [1.54, 1.807) is 34.3 Å². The fourth-order valence-corrected chi connectivity index (χ4v) is 4.35. The molecule has 1 saturated carbocycles. The number of aliphatic carboxylic acids is 1. The van der Waals surface area contributed by atoms with E-state index in [2.05, 4.69) is 16.6 Å². The van der Waals surface area contributed by atoms with Crippen molar-refractivity contribution in [1.82, 2.24) is 18.8 Å². The summed E-state index contributed by atoms with van der Waals surface area (Å²) >= 11 is 2.84. The zero-order valence-corrected chi connectivity index (χ0v) is 16.4. The van der Waals surface area contributed by atoms with Gasteiger partial charge in [-0.3, -0.25) is 9.29 Å². The molecular weight excluding hydrogens is 384 g/mol. The van der Waals surface area contributed by atoms with Crippen molar-refractivity contribution in [1.29, 1.82) is 0 Å². The third kappa shape index (κ3) is 3.58. The Morgan fingerprint density at radius 2 is 2.19 bits per heavy atom. The van der Waals surface area contributed by atoms with Crippen LogP contribution in [-0.2, 0) is 11.8 Å². The van der Waals surface area contributed by atoms with Gasteiger partial charge in [-0.15, -0.1) is 0 Å². The summed E-state index contributed by atoms with van der Waals surface area (Å²) in [5, 5.41) is 9.27. The van der Waals surface area contributed by atoms with Crippen LogP contribution in [0.4, 0.5) is 0 Å². The van der Waals surface area contributed by atoms with Crippen molar-refractivity contribution >= 4 is 46.4 Å². The van der Waals surface area contributed by atoms with Crippen LogP contribution in [0.1, 0.15) is 24.6 Å². The summed E-state index contributed by atoms with van der Waals surface area (Å²) in [6.45, 7) is 2.19. The van der Waals surface area contributed by atoms with Crippen LogP contribution in [0, 0.1) is 0 Å². The normalized spacial score (nSPS) is 15.6. The van der Waals surface area contributed by atoms with Crippen molar-refractivity contribution in [3.05, 3.63) is 45.8 Å². The minimum atomic E-state index is -1.02. The molecule has 0 unspecified atom stereocenters. The number of imidazole rings is 1. The molecule has 0 spiro atoms. The first-order valence-corrected chi connectivity index (χ1v) is 10.0. The zero-order chi connectivity index (χ0) is 19.2. The molecule has 140 valence electrons. The number of nitrogens with zero attached hydrogens (tertiary/aromatic N) is 3. The number of hydrogen-bond acceptors (Lipinski definition) is 6. The van der Waals surface area contributed by atoms with E-state index in [4.69, 9.17) is 5.11 Å². The van der Waals surface area contributed by atoms with Crippen LogP contribution in [-0.4, -0.2) is 30.7 Å². The molecule has 1 aliphatic rings. The third-order valence-corrected chi connectivity index (χ3v) is 6.57. The molecule has 2 heterocycles. The molecule has 9 heteroatoms. The topological polar surface area (TPSA) is 89.2 Å². The predicted molar refractivity (Wildman–Crippen MR) is 107 cm³/mol. The maximum atomic E-state index is 12.8. The lowest BCUT2D eigenvalue weighted by Gasteiger charge is -2.10. The average molecular weight is 403 g/mol. The highest BCUT2D eigenvalue weighted by Crippen LogP contribution is 2.38. The highest BCUT2D eigenvalue weighted by atomic mass is 32.2. The van der Waals surface area contributed by atoms with Gasteiger partial charge in [0.05, 0.1) is 11.0 Å². The standard InChI is InChI=1S/C18H18N4O3S2/c1-18(7-8-18)20-27-11-3-5-13-14(9-11)22(17(25)21(13)2)16-19-10-12(26-16)4-6-15(23)24/h3-6,9-10,20H,7-8H2,1-2H3,(H,23,24)/b6-4+. The van der Waals surface area contributed by atoms with E-state index in [1.165, 1.54) is 30.3 Å². The summed E-state index contributed by atoms with van der Waals surface area (Å²) in [4.78, 5) is 29.5. The smallest absolute Gasteiger partial charge is 0.335 e. The SMILES string of the molecule is Cn1c(=O)n(-c2ncc(/C=C/C(=O)O)s2)c2cc(SNC3(C)CC3)ccc21. The van der Waals surface area contributed by atoms with Gasteiger partial charge in [0.25, 0.3) is 0 Å². The van der Waals surface area contributed by atoms with Crippen molar-refractivity contribution in [3.63, 3.8) is 0 Å². The van der Waals surface area contributed by atoms with Gasteiger partial charge in [-0.2, -0.15) is 0 Å². The zero-order valence-electron chi connectivity index (χ0n) is 14.8. The van der Waals surface area contributed by atoms with E-state index in [-0.39, 0.29) is 11.2 Å². The number of rotatable bonds is 6. The Kier molecular flexibility index (Phi) is 4.45. The highest BCUT2D eigenvalue weighted by molar-refractivity contribution is 7.97. The summed E-state index contributed by atoms with van der Waals surface area (Å²) in [6, 6.07) is 5.91. The molecule has 0 amide bonds. The minimum Gasteiger partial charge on any atom is -0.478 e. The fraction of sp³-hybridized carbons (Fsp3) is 0.278. The Bertz CT molecular complexity index is 1120. The maximum absolute atomic E-state index is 12.8. The highest BCUT2D eigenvalue weighted by Gasteiger charge is 2.37. The third-order valence-electron chi connectivity index (χ3n) is 4.54. The Morgan fingerprint density at radius 3 is 2.89 bits per heavy atom. The van der Waals surface area contributed by atoms with Crippen LogP contribution in [0.15, 0.2) is 40.2 Å². The first kappa shape index (κ1) is 18.0. The lowest BCUT2D eigenvalue weighted by atomic mass is 10.3. The van der Waals surface area contributed by atoms with Crippen molar-refractivity contribution in [2.45, 2.75) is 30.2 Å². The van der Waals surface area contributed by atoms with Gasteiger partial charge in [-0.25, -0.2) is 19.1 Å². The number of aromatic nitrogens is 3. The fourth-order valence-electron chi connectivity index (χ4n) is 2.65.